The summed E-state index contributed by atoms with van der Waals surface area (Å²) in [5.41, 5.74) is 1.01. The average Bonchev–Trinajstić information content (AvgIpc) is 3.01. The van der Waals surface area contributed by atoms with E-state index in [1.54, 1.807) is 10.9 Å². The molecule has 2 aromatic heterocycles. The molecule has 6 heteroatoms. The predicted molar refractivity (Wildman–Crippen MR) is 81.7 cm³/mol. The van der Waals surface area contributed by atoms with Gasteiger partial charge in [0, 0.05) is 25.7 Å². The molecule has 2 heterocycles. The second-order valence-electron chi connectivity index (χ2n) is 6.49. The summed E-state index contributed by atoms with van der Waals surface area (Å²) in [7, 11) is 1.87. The van der Waals surface area contributed by atoms with Gasteiger partial charge in [0.05, 0.1) is 11.8 Å². The van der Waals surface area contributed by atoms with Crippen LogP contribution in [0.3, 0.4) is 0 Å². The van der Waals surface area contributed by atoms with Gasteiger partial charge in [0.25, 0.3) is 0 Å². The smallest absolute Gasteiger partial charge is 0.228 e. The van der Waals surface area contributed by atoms with Gasteiger partial charge in [0.15, 0.2) is 0 Å². The first kappa shape index (κ1) is 15.7. The Hall–Kier alpha value is -1.69. The van der Waals surface area contributed by atoms with Crippen LogP contribution < -0.4 is 5.32 Å². The van der Waals surface area contributed by atoms with Gasteiger partial charge in [-0.15, -0.1) is 0 Å². The third kappa shape index (κ3) is 4.14. The van der Waals surface area contributed by atoms with Crippen molar-refractivity contribution in [3.05, 3.63) is 18.3 Å². The average molecular weight is 291 g/mol. The molecule has 2 rings (SSSR count). The summed E-state index contributed by atoms with van der Waals surface area (Å²) in [5, 5.41) is 11.7. The van der Waals surface area contributed by atoms with E-state index in [-0.39, 0.29) is 5.41 Å². The van der Waals surface area contributed by atoms with E-state index in [0.717, 1.165) is 24.9 Å². The minimum Gasteiger partial charge on any atom is -0.339 e. The summed E-state index contributed by atoms with van der Waals surface area (Å²) < 4.78 is 7.12. The molecule has 0 fully saturated rings. The van der Waals surface area contributed by atoms with Crippen molar-refractivity contribution >= 4 is 0 Å². The van der Waals surface area contributed by atoms with Crippen LogP contribution >= 0.6 is 0 Å². The number of aromatic nitrogens is 4. The first-order chi connectivity index (χ1) is 9.90. The lowest BCUT2D eigenvalue weighted by Gasteiger charge is -2.30. The van der Waals surface area contributed by atoms with Gasteiger partial charge in [-0.25, -0.2) is 0 Å². The van der Waals surface area contributed by atoms with Gasteiger partial charge in [-0.1, -0.05) is 32.9 Å². The number of hydrogen-bond acceptors (Lipinski definition) is 5. The van der Waals surface area contributed by atoms with E-state index in [9.17, 15) is 0 Å². The van der Waals surface area contributed by atoms with Crippen molar-refractivity contribution in [1.29, 1.82) is 0 Å². The van der Waals surface area contributed by atoms with Gasteiger partial charge in [-0.05, 0) is 18.4 Å². The van der Waals surface area contributed by atoms with Crippen molar-refractivity contribution in [1.82, 2.24) is 25.2 Å². The first-order valence-electron chi connectivity index (χ1n) is 7.45. The summed E-state index contributed by atoms with van der Waals surface area (Å²) in [6.07, 6.45) is 5.46. The molecule has 0 aliphatic heterocycles. The predicted octanol–water partition coefficient (Wildman–Crippen LogP) is 2.43. The largest absolute Gasteiger partial charge is 0.339 e. The van der Waals surface area contributed by atoms with Crippen molar-refractivity contribution in [2.24, 2.45) is 12.5 Å². The van der Waals surface area contributed by atoms with Crippen LogP contribution in [0.4, 0.5) is 0 Å². The maximum atomic E-state index is 5.40. The monoisotopic (exact) mass is 291 g/mol. The van der Waals surface area contributed by atoms with Crippen molar-refractivity contribution in [3.8, 4) is 11.4 Å². The van der Waals surface area contributed by atoms with E-state index in [1.165, 1.54) is 0 Å². The van der Waals surface area contributed by atoms with Crippen LogP contribution in [0.1, 0.15) is 40.0 Å². The lowest BCUT2D eigenvalue weighted by Crippen LogP contribution is -2.42. The third-order valence-electron chi connectivity index (χ3n) is 3.50. The van der Waals surface area contributed by atoms with E-state index in [0.29, 0.717) is 17.8 Å². The molecular weight excluding hydrogens is 266 g/mol. The Labute approximate surface area is 125 Å². The van der Waals surface area contributed by atoms with Crippen LogP contribution in [0.2, 0.25) is 0 Å². The van der Waals surface area contributed by atoms with E-state index < -0.39 is 0 Å². The van der Waals surface area contributed by atoms with Gasteiger partial charge in [0.2, 0.25) is 11.7 Å². The lowest BCUT2D eigenvalue weighted by atomic mass is 9.84. The van der Waals surface area contributed by atoms with Crippen molar-refractivity contribution < 1.29 is 4.52 Å². The Kier molecular flexibility index (Phi) is 4.77. The lowest BCUT2D eigenvalue weighted by molar-refractivity contribution is 0.244. The summed E-state index contributed by atoms with van der Waals surface area (Å²) in [5.74, 6) is 1.26. The molecule has 0 bridgehead atoms. The van der Waals surface area contributed by atoms with E-state index in [1.807, 2.05) is 13.2 Å². The number of aryl methyl sites for hydroxylation is 1. The molecule has 0 saturated carbocycles. The molecule has 0 aliphatic carbocycles. The summed E-state index contributed by atoms with van der Waals surface area (Å²) in [6, 6.07) is 0.305. The van der Waals surface area contributed by atoms with Crippen LogP contribution in [0, 0.1) is 5.41 Å². The van der Waals surface area contributed by atoms with Gasteiger partial charge >= 0.3 is 0 Å². The molecular formula is C15H25N5O. The summed E-state index contributed by atoms with van der Waals surface area (Å²) in [4.78, 5) is 4.48. The van der Waals surface area contributed by atoms with Crippen molar-refractivity contribution in [2.75, 3.05) is 6.54 Å². The fraction of sp³-hybridized carbons (Fsp3) is 0.667. The summed E-state index contributed by atoms with van der Waals surface area (Å²) >= 11 is 0. The fourth-order valence-corrected chi connectivity index (χ4v) is 2.17. The Morgan fingerprint density at radius 1 is 1.38 bits per heavy atom. The highest BCUT2D eigenvalue weighted by molar-refractivity contribution is 5.50. The first-order valence-corrected chi connectivity index (χ1v) is 7.45. The fourth-order valence-electron chi connectivity index (χ4n) is 2.17. The minimum atomic E-state index is 0.137. The molecule has 0 aromatic carbocycles. The number of nitrogens with one attached hydrogen (secondary N) is 1. The molecule has 21 heavy (non-hydrogen) atoms. The molecule has 1 unspecified atom stereocenters. The van der Waals surface area contributed by atoms with E-state index >= 15 is 0 Å². The van der Waals surface area contributed by atoms with Crippen LogP contribution in [-0.4, -0.2) is 32.5 Å². The zero-order valence-electron chi connectivity index (χ0n) is 13.6. The Bertz CT molecular complexity index is 567. The zero-order valence-corrected chi connectivity index (χ0v) is 13.6. The van der Waals surface area contributed by atoms with Crippen molar-refractivity contribution in [2.45, 2.75) is 46.6 Å². The second-order valence-corrected chi connectivity index (χ2v) is 6.49. The van der Waals surface area contributed by atoms with Crippen LogP contribution in [0.5, 0.6) is 0 Å². The van der Waals surface area contributed by atoms with Crippen LogP contribution in [-0.2, 0) is 13.5 Å². The van der Waals surface area contributed by atoms with Crippen LogP contribution in [0.25, 0.3) is 11.4 Å². The molecule has 0 spiro atoms. The third-order valence-corrected chi connectivity index (χ3v) is 3.50. The highest BCUT2D eigenvalue weighted by atomic mass is 16.5. The maximum absolute atomic E-state index is 5.40. The standard InChI is InChI=1S/C15H25N5O/c1-6-7-16-12(15(2,3)4)8-13-18-14(19-21-13)11-9-17-20(5)10-11/h9-10,12,16H,6-8H2,1-5H3. The van der Waals surface area contributed by atoms with Gasteiger partial charge in [0.1, 0.15) is 0 Å². The van der Waals surface area contributed by atoms with E-state index in [4.69, 9.17) is 4.52 Å². The SMILES string of the molecule is CCCNC(Cc1nc(-c2cnn(C)c2)no1)C(C)(C)C. The van der Waals surface area contributed by atoms with Crippen LogP contribution in [0.15, 0.2) is 16.9 Å². The van der Waals surface area contributed by atoms with E-state index in [2.05, 4.69) is 48.3 Å². The topological polar surface area (TPSA) is 68.8 Å². The Balaban J connectivity index is 2.09. The highest BCUT2D eigenvalue weighted by Gasteiger charge is 2.26. The molecule has 116 valence electrons. The number of hydrogen-bond donors (Lipinski definition) is 1. The molecule has 6 nitrogen and oxygen atoms in total. The maximum Gasteiger partial charge on any atom is 0.228 e. The molecule has 0 saturated heterocycles. The zero-order chi connectivity index (χ0) is 15.5. The van der Waals surface area contributed by atoms with Gasteiger partial charge in [-0.3, -0.25) is 4.68 Å². The normalized spacial score (nSPS) is 13.6. The van der Waals surface area contributed by atoms with Gasteiger partial charge in [-0.2, -0.15) is 10.1 Å². The van der Waals surface area contributed by atoms with Gasteiger partial charge < -0.3 is 9.84 Å². The van der Waals surface area contributed by atoms with Crippen molar-refractivity contribution in [3.63, 3.8) is 0 Å². The number of rotatable bonds is 6. The second kappa shape index (κ2) is 6.39. The molecule has 1 N–H and O–H groups in total. The molecule has 0 amide bonds. The quantitative estimate of drug-likeness (QED) is 0.885. The molecule has 0 radical (unpaired) electrons. The Morgan fingerprint density at radius 2 is 2.14 bits per heavy atom. The minimum absolute atomic E-state index is 0.137. The molecule has 2 aromatic rings. The molecule has 1 atom stereocenters. The Morgan fingerprint density at radius 3 is 2.71 bits per heavy atom. The number of nitrogens with zero attached hydrogens (tertiary/aromatic N) is 4. The highest BCUT2D eigenvalue weighted by Crippen LogP contribution is 2.23. The molecule has 0 aliphatic rings. The summed E-state index contributed by atoms with van der Waals surface area (Å²) in [6.45, 7) is 9.82.